The normalized spacial score (nSPS) is 10.3. The smallest absolute Gasteiger partial charge is 0.310 e. The van der Waals surface area contributed by atoms with Crippen molar-refractivity contribution in [3.05, 3.63) is 27.6 Å². The van der Waals surface area contributed by atoms with E-state index < -0.39 is 34.0 Å². The van der Waals surface area contributed by atoms with Crippen molar-refractivity contribution in [1.82, 2.24) is 4.98 Å². The molecule has 0 aliphatic heterocycles. The molecule has 8 heteroatoms. The van der Waals surface area contributed by atoms with Crippen LogP contribution in [0.1, 0.15) is 22.5 Å². The second-order valence-corrected chi connectivity index (χ2v) is 2.53. The number of halogens is 2. The summed E-state index contributed by atoms with van der Waals surface area (Å²) in [6.07, 6.45) is -2.34. The molecule has 0 aliphatic rings. The fraction of sp³-hybridized carbons (Fsp3) is 0.143. The number of aromatic nitrogens is 1. The predicted octanol–water partition coefficient (Wildman–Crippen LogP) is 1.32. The summed E-state index contributed by atoms with van der Waals surface area (Å²) in [6, 6.07) is 0. The number of carbonyl (C=O) groups excluding carboxylic acids is 1. The largest absolute Gasteiger partial charge is 0.393 e. The van der Waals surface area contributed by atoms with Gasteiger partial charge < -0.3 is 5.73 Å². The molecule has 0 atom stereocenters. The van der Waals surface area contributed by atoms with Crippen LogP contribution in [-0.4, -0.2) is 16.2 Å². The van der Waals surface area contributed by atoms with Gasteiger partial charge in [-0.3, -0.25) is 14.9 Å². The summed E-state index contributed by atoms with van der Waals surface area (Å²) in [5, 5.41) is 10.3. The Hall–Kier alpha value is -2.12. The number of pyridine rings is 1. The molecule has 15 heavy (non-hydrogen) atoms. The van der Waals surface area contributed by atoms with E-state index in [2.05, 4.69) is 4.98 Å². The first-order valence-electron chi connectivity index (χ1n) is 3.65. The highest BCUT2D eigenvalue weighted by atomic mass is 19.3. The Morgan fingerprint density at radius 1 is 1.60 bits per heavy atom. The average molecular weight is 217 g/mol. The Morgan fingerprint density at radius 2 is 2.20 bits per heavy atom. The monoisotopic (exact) mass is 217 g/mol. The third kappa shape index (κ3) is 1.87. The maximum absolute atomic E-state index is 12.4. The summed E-state index contributed by atoms with van der Waals surface area (Å²) in [4.78, 5) is 23.0. The van der Waals surface area contributed by atoms with Crippen molar-refractivity contribution in [2.45, 2.75) is 6.43 Å². The van der Waals surface area contributed by atoms with Gasteiger partial charge in [0.25, 0.3) is 6.43 Å². The van der Waals surface area contributed by atoms with Crippen LogP contribution < -0.4 is 5.73 Å². The molecule has 1 aromatic rings. The lowest BCUT2D eigenvalue weighted by Gasteiger charge is -2.06. The fourth-order valence-corrected chi connectivity index (χ4v) is 1.01. The van der Waals surface area contributed by atoms with E-state index >= 15 is 0 Å². The van der Waals surface area contributed by atoms with Crippen LogP contribution in [0.5, 0.6) is 0 Å². The number of hydrogen-bond acceptors (Lipinski definition) is 5. The van der Waals surface area contributed by atoms with Crippen LogP contribution >= 0.6 is 0 Å². The third-order valence-corrected chi connectivity index (χ3v) is 1.69. The van der Waals surface area contributed by atoms with Crippen LogP contribution in [0.15, 0.2) is 6.20 Å². The molecule has 0 unspecified atom stereocenters. The quantitative estimate of drug-likeness (QED) is 0.467. The standard InChI is InChI=1S/C7H5F2N3O3/c8-7(9)5-3(2-13)11-1-4(6(5)10)12(14)15/h1-2,7H,(H2,10,11). The Bertz CT molecular complexity index is 422. The van der Waals surface area contributed by atoms with Crippen molar-refractivity contribution in [2.24, 2.45) is 0 Å². The summed E-state index contributed by atoms with van der Waals surface area (Å²) < 4.78 is 24.8. The van der Waals surface area contributed by atoms with E-state index in [1.165, 1.54) is 0 Å². The number of nitro groups is 1. The van der Waals surface area contributed by atoms with Crippen molar-refractivity contribution in [2.75, 3.05) is 5.73 Å². The molecule has 0 saturated carbocycles. The zero-order chi connectivity index (χ0) is 11.6. The lowest BCUT2D eigenvalue weighted by atomic mass is 10.1. The van der Waals surface area contributed by atoms with Gasteiger partial charge in [0, 0.05) is 0 Å². The minimum atomic E-state index is -3.09. The van der Waals surface area contributed by atoms with Gasteiger partial charge in [-0.25, -0.2) is 13.8 Å². The van der Waals surface area contributed by atoms with E-state index in [0.717, 1.165) is 0 Å². The maximum Gasteiger partial charge on any atom is 0.310 e. The lowest BCUT2D eigenvalue weighted by Crippen LogP contribution is -2.06. The van der Waals surface area contributed by atoms with Gasteiger partial charge in [0.05, 0.1) is 10.5 Å². The molecule has 0 aliphatic carbocycles. The minimum Gasteiger partial charge on any atom is -0.393 e. The molecule has 0 fully saturated rings. The molecule has 0 radical (unpaired) electrons. The van der Waals surface area contributed by atoms with E-state index in [-0.39, 0.29) is 6.29 Å². The summed E-state index contributed by atoms with van der Waals surface area (Å²) in [7, 11) is 0. The molecule has 1 heterocycles. The SMILES string of the molecule is Nc1c([N+](=O)[O-])cnc(C=O)c1C(F)F. The van der Waals surface area contributed by atoms with Gasteiger partial charge in [-0.05, 0) is 0 Å². The van der Waals surface area contributed by atoms with Crippen LogP contribution in [0.4, 0.5) is 20.2 Å². The van der Waals surface area contributed by atoms with Gasteiger partial charge in [0.15, 0.2) is 6.29 Å². The molecule has 0 aromatic carbocycles. The van der Waals surface area contributed by atoms with Crippen LogP contribution in [0, 0.1) is 10.1 Å². The number of anilines is 1. The predicted molar refractivity (Wildman–Crippen MR) is 45.6 cm³/mol. The van der Waals surface area contributed by atoms with Crippen molar-refractivity contribution >= 4 is 17.7 Å². The fourth-order valence-electron chi connectivity index (χ4n) is 1.01. The Morgan fingerprint density at radius 3 is 2.60 bits per heavy atom. The van der Waals surface area contributed by atoms with E-state index in [4.69, 9.17) is 5.73 Å². The molecule has 0 saturated heterocycles. The van der Waals surface area contributed by atoms with Gasteiger partial charge >= 0.3 is 5.69 Å². The number of carbonyl (C=O) groups is 1. The van der Waals surface area contributed by atoms with Gasteiger partial charge in [0.2, 0.25) is 0 Å². The molecule has 1 rings (SSSR count). The van der Waals surface area contributed by atoms with Gasteiger partial charge in [0.1, 0.15) is 17.6 Å². The Labute approximate surface area is 81.9 Å². The van der Waals surface area contributed by atoms with Crippen molar-refractivity contribution < 1.29 is 18.5 Å². The molecule has 0 bridgehead atoms. The highest BCUT2D eigenvalue weighted by molar-refractivity contribution is 5.80. The molecule has 1 aromatic heterocycles. The first kappa shape index (κ1) is 11.0. The zero-order valence-corrected chi connectivity index (χ0v) is 7.18. The Balaban J connectivity index is 3.49. The molecule has 0 spiro atoms. The second kappa shape index (κ2) is 3.95. The maximum atomic E-state index is 12.4. The van der Waals surface area contributed by atoms with E-state index in [0.29, 0.717) is 6.20 Å². The summed E-state index contributed by atoms with van der Waals surface area (Å²) in [5.41, 5.74) is 2.18. The zero-order valence-electron chi connectivity index (χ0n) is 7.18. The minimum absolute atomic E-state index is 0.0710. The number of rotatable bonds is 3. The molecular weight excluding hydrogens is 212 g/mol. The summed E-state index contributed by atoms with van der Waals surface area (Å²) in [5.74, 6) is 0. The van der Waals surface area contributed by atoms with Crippen molar-refractivity contribution in [3.63, 3.8) is 0 Å². The number of aldehydes is 1. The topological polar surface area (TPSA) is 99.1 Å². The molecular formula is C7H5F2N3O3. The lowest BCUT2D eigenvalue weighted by molar-refractivity contribution is -0.384. The summed E-state index contributed by atoms with van der Waals surface area (Å²) in [6.45, 7) is 0. The van der Waals surface area contributed by atoms with Crippen molar-refractivity contribution in [3.8, 4) is 0 Å². The van der Waals surface area contributed by atoms with Crippen LogP contribution in [-0.2, 0) is 0 Å². The van der Waals surface area contributed by atoms with Crippen molar-refractivity contribution in [1.29, 1.82) is 0 Å². The summed E-state index contributed by atoms with van der Waals surface area (Å²) >= 11 is 0. The van der Waals surface area contributed by atoms with Gasteiger partial charge in [-0.15, -0.1) is 0 Å². The number of nitrogens with zero attached hydrogens (tertiary/aromatic N) is 2. The first-order valence-corrected chi connectivity index (χ1v) is 3.65. The molecule has 0 amide bonds. The highest BCUT2D eigenvalue weighted by Gasteiger charge is 2.25. The number of hydrogen-bond donors (Lipinski definition) is 1. The van der Waals surface area contributed by atoms with Crippen LogP contribution in [0.25, 0.3) is 0 Å². The molecule has 2 N–H and O–H groups in total. The second-order valence-electron chi connectivity index (χ2n) is 2.53. The highest BCUT2D eigenvalue weighted by Crippen LogP contribution is 2.32. The van der Waals surface area contributed by atoms with Gasteiger partial charge in [-0.1, -0.05) is 0 Å². The van der Waals surface area contributed by atoms with E-state index in [9.17, 15) is 23.7 Å². The Kier molecular flexibility index (Phi) is 2.88. The van der Waals surface area contributed by atoms with Crippen LogP contribution in [0.3, 0.4) is 0 Å². The molecule has 6 nitrogen and oxygen atoms in total. The van der Waals surface area contributed by atoms with Gasteiger partial charge in [-0.2, -0.15) is 0 Å². The average Bonchev–Trinajstić information content (AvgIpc) is 2.15. The van der Waals surface area contributed by atoms with E-state index in [1.54, 1.807) is 0 Å². The van der Waals surface area contributed by atoms with E-state index in [1.807, 2.05) is 0 Å². The number of alkyl halides is 2. The number of nitrogen functional groups attached to an aromatic ring is 1. The third-order valence-electron chi connectivity index (χ3n) is 1.69. The number of nitrogens with two attached hydrogens (primary N) is 1. The van der Waals surface area contributed by atoms with Crippen LogP contribution in [0.2, 0.25) is 0 Å². The molecule has 80 valence electrons. The first-order chi connectivity index (χ1) is 6.99.